The van der Waals surface area contributed by atoms with Gasteiger partial charge in [-0.1, -0.05) is 6.07 Å². The number of hydrogen-bond donors (Lipinski definition) is 2. The molecule has 0 aliphatic carbocycles. The number of nitrogens with one attached hydrogen (secondary N) is 1. The molecule has 5 nitrogen and oxygen atoms in total. The van der Waals surface area contributed by atoms with Gasteiger partial charge >= 0.3 is 16.4 Å². The summed E-state index contributed by atoms with van der Waals surface area (Å²) in [6.45, 7) is -1.47. The second-order valence-electron chi connectivity index (χ2n) is 4.46. The van der Waals surface area contributed by atoms with Gasteiger partial charge in [-0.3, -0.25) is 4.31 Å². The number of fused-ring (bicyclic) bond motifs is 1. The maximum Gasteiger partial charge on any atom is 0.402 e. The predicted octanol–water partition coefficient (Wildman–Crippen LogP) is 1.42. The van der Waals surface area contributed by atoms with Gasteiger partial charge in [-0.15, -0.1) is 0 Å². The van der Waals surface area contributed by atoms with E-state index in [4.69, 9.17) is 5.73 Å². The molecule has 0 bridgehead atoms. The Bertz CT molecular complexity index is 601. The molecule has 1 aromatic carbocycles. The SMILES string of the molecule is Nc1cccc2c1CCCN2S(=O)(=O)NCC(F)(F)F. The van der Waals surface area contributed by atoms with E-state index in [2.05, 4.69) is 0 Å². The normalized spacial score (nSPS) is 16.1. The molecule has 0 aromatic heterocycles. The van der Waals surface area contributed by atoms with E-state index >= 15 is 0 Å². The summed E-state index contributed by atoms with van der Waals surface area (Å²) in [4.78, 5) is 0. The molecule has 1 aliphatic rings. The third kappa shape index (κ3) is 3.15. The van der Waals surface area contributed by atoms with Crippen molar-refractivity contribution in [3.63, 3.8) is 0 Å². The van der Waals surface area contributed by atoms with E-state index in [0.717, 1.165) is 4.31 Å². The Balaban J connectivity index is 2.29. The van der Waals surface area contributed by atoms with Crippen molar-refractivity contribution in [1.82, 2.24) is 4.72 Å². The summed E-state index contributed by atoms with van der Waals surface area (Å²) in [5.41, 5.74) is 7.20. The highest BCUT2D eigenvalue weighted by Crippen LogP contribution is 2.32. The van der Waals surface area contributed by atoms with Crippen LogP contribution in [0.1, 0.15) is 12.0 Å². The molecule has 112 valence electrons. The minimum Gasteiger partial charge on any atom is -0.398 e. The standard InChI is InChI=1S/C11H14F3N3O2S/c12-11(13,14)7-16-20(18,19)17-6-2-3-8-9(15)4-1-5-10(8)17/h1,4-5,16H,2-3,6-7,15H2. The minimum atomic E-state index is -4.60. The first-order valence-electron chi connectivity index (χ1n) is 5.92. The van der Waals surface area contributed by atoms with E-state index in [1.54, 1.807) is 16.9 Å². The van der Waals surface area contributed by atoms with Crippen molar-refractivity contribution in [1.29, 1.82) is 0 Å². The molecule has 0 saturated heterocycles. The monoisotopic (exact) mass is 309 g/mol. The van der Waals surface area contributed by atoms with Gasteiger partial charge in [-0.2, -0.15) is 26.3 Å². The summed E-state index contributed by atoms with van der Waals surface area (Å²) < 4.78 is 62.9. The maximum atomic E-state index is 12.1. The zero-order valence-electron chi connectivity index (χ0n) is 10.4. The Labute approximate surface area is 114 Å². The Morgan fingerprint density at radius 2 is 2.05 bits per heavy atom. The van der Waals surface area contributed by atoms with Crippen LogP contribution in [0.5, 0.6) is 0 Å². The van der Waals surface area contributed by atoms with Crippen LogP contribution in [0.4, 0.5) is 24.5 Å². The fourth-order valence-corrected chi connectivity index (χ4v) is 3.42. The molecule has 3 N–H and O–H groups in total. The highest BCUT2D eigenvalue weighted by Gasteiger charge is 2.33. The molecule has 0 spiro atoms. The molecule has 0 amide bonds. The second kappa shape index (κ2) is 5.13. The number of rotatable bonds is 3. The van der Waals surface area contributed by atoms with Crippen LogP contribution >= 0.6 is 0 Å². The van der Waals surface area contributed by atoms with E-state index in [1.807, 2.05) is 0 Å². The lowest BCUT2D eigenvalue weighted by molar-refractivity contribution is -0.121. The van der Waals surface area contributed by atoms with Gasteiger partial charge in [0.15, 0.2) is 0 Å². The molecule has 0 atom stereocenters. The lowest BCUT2D eigenvalue weighted by Crippen LogP contribution is -2.46. The van der Waals surface area contributed by atoms with Gasteiger partial charge in [0.25, 0.3) is 0 Å². The lowest BCUT2D eigenvalue weighted by Gasteiger charge is -2.31. The van der Waals surface area contributed by atoms with Gasteiger partial charge in [0, 0.05) is 12.2 Å². The number of hydrogen-bond acceptors (Lipinski definition) is 3. The molecule has 9 heteroatoms. The number of benzene rings is 1. The Morgan fingerprint density at radius 3 is 2.70 bits per heavy atom. The summed E-state index contributed by atoms with van der Waals surface area (Å²) in [6.07, 6.45) is -3.48. The van der Waals surface area contributed by atoms with Crippen LogP contribution in [-0.2, 0) is 16.6 Å². The number of nitrogens with zero attached hydrogens (tertiary/aromatic N) is 1. The fraction of sp³-hybridized carbons (Fsp3) is 0.455. The predicted molar refractivity (Wildman–Crippen MR) is 69.5 cm³/mol. The van der Waals surface area contributed by atoms with Gasteiger partial charge in [0.05, 0.1) is 5.69 Å². The van der Waals surface area contributed by atoms with Gasteiger partial charge in [-0.25, -0.2) is 0 Å². The fourth-order valence-electron chi connectivity index (χ4n) is 2.12. The molecule has 0 radical (unpaired) electrons. The number of nitrogens with two attached hydrogens (primary N) is 1. The molecule has 1 aromatic rings. The number of nitrogen functional groups attached to an aromatic ring is 1. The van der Waals surface area contributed by atoms with E-state index < -0.39 is 22.9 Å². The van der Waals surface area contributed by atoms with Gasteiger partial charge < -0.3 is 5.73 Å². The highest BCUT2D eigenvalue weighted by atomic mass is 32.2. The molecular formula is C11H14F3N3O2S. The van der Waals surface area contributed by atoms with Crippen molar-refractivity contribution in [3.05, 3.63) is 23.8 Å². The van der Waals surface area contributed by atoms with Crippen molar-refractivity contribution in [2.75, 3.05) is 23.1 Å². The van der Waals surface area contributed by atoms with Gasteiger partial charge in [-0.05, 0) is 30.5 Å². The minimum absolute atomic E-state index is 0.129. The smallest absolute Gasteiger partial charge is 0.398 e. The third-order valence-corrected chi connectivity index (χ3v) is 4.46. The zero-order valence-corrected chi connectivity index (χ0v) is 11.3. The van der Waals surface area contributed by atoms with E-state index in [9.17, 15) is 21.6 Å². The van der Waals surface area contributed by atoms with E-state index in [-0.39, 0.29) is 6.54 Å². The summed E-state index contributed by atoms with van der Waals surface area (Å²) >= 11 is 0. The molecule has 2 rings (SSSR count). The lowest BCUT2D eigenvalue weighted by atomic mass is 10.0. The molecule has 1 aliphatic heterocycles. The van der Waals surface area contributed by atoms with Crippen molar-refractivity contribution < 1.29 is 21.6 Å². The van der Waals surface area contributed by atoms with Crippen molar-refractivity contribution in [2.45, 2.75) is 19.0 Å². The molecule has 20 heavy (non-hydrogen) atoms. The largest absolute Gasteiger partial charge is 0.402 e. The number of alkyl halides is 3. The van der Waals surface area contributed by atoms with Crippen LogP contribution in [0.15, 0.2) is 18.2 Å². The Kier molecular flexibility index (Phi) is 3.83. The van der Waals surface area contributed by atoms with Crippen LogP contribution < -0.4 is 14.8 Å². The molecule has 0 unspecified atom stereocenters. The van der Waals surface area contributed by atoms with Crippen LogP contribution in [0, 0.1) is 0 Å². The number of halogens is 3. The average molecular weight is 309 g/mol. The topological polar surface area (TPSA) is 75.4 Å². The Morgan fingerprint density at radius 1 is 1.35 bits per heavy atom. The molecule has 1 heterocycles. The van der Waals surface area contributed by atoms with E-state index in [0.29, 0.717) is 29.8 Å². The first-order chi connectivity index (χ1) is 9.21. The summed E-state index contributed by atoms with van der Waals surface area (Å²) in [6, 6.07) is 4.75. The van der Waals surface area contributed by atoms with Crippen LogP contribution in [-0.4, -0.2) is 27.7 Å². The van der Waals surface area contributed by atoms with E-state index in [1.165, 1.54) is 6.07 Å². The maximum absolute atomic E-state index is 12.1. The summed E-state index contributed by atoms with van der Waals surface area (Å²) in [7, 11) is -4.24. The van der Waals surface area contributed by atoms with Crippen molar-refractivity contribution >= 4 is 21.6 Å². The van der Waals surface area contributed by atoms with Crippen LogP contribution in [0.2, 0.25) is 0 Å². The first-order valence-corrected chi connectivity index (χ1v) is 7.36. The highest BCUT2D eigenvalue weighted by molar-refractivity contribution is 7.90. The van der Waals surface area contributed by atoms with Gasteiger partial charge in [0.2, 0.25) is 0 Å². The third-order valence-electron chi connectivity index (χ3n) is 2.99. The first kappa shape index (κ1) is 14.9. The number of anilines is 2. The van der Waals surface area contributed by atoms with Crippen molar-refractivity contribution in [2.24, 2.45) is 0 Å². The quantitative estimate of drug-likeness (QED) is 0.829. The summed E-state index contributed by atoms with van der Waals surface area (Å²) in [5, 5.41) is 0. The molecule has 0 fully saturated rings. The molecule has 0 saturated carbocycles. The van der Waals surface area contributed by atoms with Gasteiger partial charge in [0.1, 0.15) is 6.54 Å². The zero-order chi connectivity index (χ0) is 15.0. The van der Waals surface area contributed by atoms with Crippen molar-refractivity contribution in [3.8, 4) is 0 Å². The summed E-state index contributed by atoms with van der Waals surface area (Å²) in [5.74, 6) is 0. The van der Waals surface area contributed by atoms with Crippen LogP contribution in [0.3, 0.4) is 0 Å². The molecular weight excluding hydrogens is 295 g/mol. The van der Waals surface area contributed by atoms with Crippen LogP contribution in [0.25, 0.3) is 0 Å². The Hall–Kier alpha value is -1.48. The second-order valence-corrected chi connectivity index (χ2v) is 6.14. The average Bonchev–Trinajstić information content (AvgIpc) is 2.36.